The van der Waals surface area contributed by atoms with Gasteiger partial charge in [0, 0.05) is 58.8 Å². The molecule has 7 N–H and O–H groups in total. The highest BCUT2D eigenvalue weighted by atomic mass is 16.2. The van der Waals surface area contributed by atoms with Crippen molar-refractivity contribution >= 4 is 35.4 Å². The first-order chi connectivity index (χ1) is 29.0. The van der Waals surface area contributed by atoms with Crippen molar-refractivity contribution in [1.29, 1.82) is 0 Å². The molecule has 0 aromatic heterocycles. The largest absolute Gasteiger partial charge is 0.358 e. The van der Waals surface area contributed by atoms with Gasteiger partial charge in [0.15, 0.2) is 0 Å². The molecule has 4 rings (SSSR count). The summed E-state index contributed by atoms with van der Waals surface area (Å²) in [5, 5.41) is 0. The first kappa shape index (κ1) is 48.0. The molecule has 1 aliphatic rings. The standard InChI is InChI=1S/C46H65N9O6/c1-32-14-33(2)18-38(17-32)23-53-29-41(56)50(11-7-8-47)26-44(59)54(24-39-19-34(3)15-35(4)20-39)30-42(57)52(13-10-49)28-46(61)55(25-40-21-36(5)16-37(6)22-40)31-43(58)51(12-9-48)27-45(53)60/h14-22H,7-13,23-31,47-49H2,1-6H3/p+1. The predicted molar refractivity (Wildman–Crippen MR) is 234 cm³/mol. The molecule has 15 heteroatoms. The number of hydrogen-bond acceptors (Lipinski definition) is 8. The van der Waals surface area contributed by atoms with Crippen LogP contribution in [0.1, 0.15) is 56.5 Å². The molecule has 0 unspecified atom stereocenters. The molecule has 1 heterocycles. The number of nitrogens with two attached hydrogens (primary N) is 2. The maximum absolute atomic E-state index is 14.5. The molecule has 0 aliphatic carbocycles. The molecule has 1 saturated heterocycles. The lowest BCUT2D eigenvalue weighted by Crippen LogP contribution is -2.55. The summed E-state index contributed by atoms with van der Waals surface area (Å²) in [6.07, 6.45) is 0.490. The van der Waals surface area contributed by atoms with Crippen molar-refractivity contribution in [2.75, 3.05) is 78.5 Å². The lowest BCUT2D eigenvalue weighted by atomic mass is 10.1. The molecule has 6 amide bonds. The second-order valence-electron chi connectivity index (χ2n) is 16.5. The summed E-state index contributed by atoms with van der Waals surface area (Å²) in [6.45, 7) is 10.3. The molecule has 0 radical (unpaired) electrons. The first-order valence-electron chi connectivity index (χ1n) is 21.1. The van der Waals surface area contributed by atoms with E-state index in [0.29, 0.717) is 13.0 Å². The van der Waals surface area contributed by atoms with Crippen molar-refractivity contribution in [2.24, 2.45) is 11.5 Å². The average Bonchev–Trinajstić information content (AvgIpc) is 3.16. The lowest BCUT2D eigenvalue weighted by Gasteiger charge is -2.33. The second kappa shape index (κ2) is 22.8. The van der Waals surface area contributed by atoms with Crippen LogP contribution in [-0.4, -0.2) is 143 Å². The van der Waals surface area contributed by atoms with Gasteiger partial charge in [0.25, 0.3) is 0 Å². The van der Waals surface area contributed by atoms with Gasteiger partial charge in [0.2, 0.25) is 35.4 Å². The van der Waals surface area contributed by atoms with Crippen molar-refractivity contribution in [2.45, 2.75) is 67.6 Å². The van der Waals surface area contributed by atoms with E-state index in [1.165, 1.54) is 29.4 Å². The molecular formula is C46H66N9O6+. The van der Waals surface area contributed by atoms with Gasteiger partial charge < -0.3 is 46.6 Å². The molecular weight excluding hydrogens is 775 g/mol. The number of benzene rings is 3. The van der Waals surface area contributed by atoms with Gasteiger partial charge in [0.1, 0.15) is 19.6 Å². The van der Waals surface area contributed by atoms with Gasteiger partial charge in [-0.2, -0.15) is 0 Å². The van der Waals surface area contributed by atoms with Crippen LogP contribution in [0.4, 0.5) is 0 Å². The third-order valence-electron chi connectivity index (χ3n) is 10.5. The number of carbonyl (C=O) groups is 6. The quantitative estimate of drug-likeness (QED) is 0.226. The van der Waals surface area contributed by atoms with E-state index in [-0.39, 0.29) is 65.4 Å². The van der Waals surface area contributed by atoms with E-state index in [2.05, 4.69) is 5.73 Å². The number of amides is 6. The van der Waals surface area contributed by atoms with E-state index in [1.807, 2.05) is 96.1 Å². The van der Waals surface area contributed by atoms with Crippen LogP contribution >= 0.6 is 0 Å². The molecule has 0 spiro atoms. The summed E-state index contributed by atoms with van der Waals surface area (Å²) in [6, 6.07) is 17.6. The molecule has 3 aromatic rings. The number of nitrogens with zero attached hydrogens (tertiary/aromatic N) is 6. The minimum absolute atomic E-state index is 0.0136. The number of carbonyl (C=O) groups excluding carboxylic acids is 6. The molecule has 0 atom stereocenters. The van der Waals surface area contributed by atoms with Gasteiger partial charge >= 0.3 is 0 Å². The van der Waals surface area contributed by atoms with Gasteiger partial charge in [-0.25, -0.2) is 0 Å². The number of aryl methyl sites for hydroxylation is 6. The van der Waals surface area contributed by atoms with Crippen LogP contribution in [0, 0.1) is 41.5 Å². The molecule has 330 valence electrons. The van der Waals surface area contributed by atoms with Crippen LogP contribution in [0.2, 0.25) is 0 Å². The van der Waals surface area contributed by atoms with Crippen molar-refractivity contribution in [3.05, 3.63) is 105 Å². The highest BCUT2D eigenvalue weighted by Crippen LogP contribution is 2.17. The van der Waals surface area contributed by atoms with Crippen LogP contribution in [0.3, 0.4) is 0 Å². The second-order valence-corrected chi connectivity index (χ2v) is 16.5. The SMILES string of the molecule is Cc1cc(C)cc(CN2CC(=O)N(CCN)CC(=O)N(Cc3cc(C)cc(C)c3)CC(=O)N(CCN)CC(=O)N(Cc3cc(C)cc(C)c3)CC(=O)N(CCC[NH3+])CC2=O)c1. The maximum Gasteiger partial charge on any atom is 0.242 e. The van der Waals surface area contributed by atoms with Gasteiger partial charge in [-0.15, -0.1) is 0 Å². The number of rotatable bonds is 13. The zero-order valence-electron chi connectivity index (χ0n) is 37.0. The fourth-order valence-corrected chi connectivity index (χ4v) is 7.91. The Balaban J connectivity index is 1.84. The predicted octanol–water partition coefficient (Wildman–Crippen LogP) is 0.972. The average molecular weight is 841 g/mol. The van der Waals surface area contributed by atoms with Crippen LogP contribution < -0.4 is 17.2 Å². The Bertz CT molecular complexity index is 1940. The molecule has 61 heavy (non-hydrogen) atoms. The van der Waals surface area contributed by atoms with Gasteiger partial charge in [-0.3, -0.25) is 28.8 Å². The molecule has 1 aliphatic heterocycles. The van der Waals surface area contributed by atoms with Gasteiger partial charge in [-0.05, 0) is 58.2 Å². The van der Waals surface area contributed by atoms with E-state index in [9.17, 15) is 28.8 Å². The summed E-state index contributed by atoms with van der Waals surface area (Å²) in [4.78, 5) is 94.4. The Kier molecular flexibility index (Phi) is 18.0. The van der Waals surface area contributed by atoms with Crippen molar-refractivity contribution in [1.82, 2.24) is 29.4 Å². The van der Waals surface area contributed by atoms with Crippen LogP contribution in [0.5, 0.6) is 0 Å². The van der Waals surface area contributed by atoms with Crippen molar-refractivity contribution < 1.29 is 34.5 Å². The Hall–Kier alpha value is -5.64. The van der Waals surface area contributed by atoms with Crippen LogP contribution in [0.25, 0.3) is 0 Å². The number of quaternary nitrogens is 1. The van der Waals surface area contributed by atoms with Crippen LogP contribution in [0.15, 0.2) is 54.6 Å². The third-order valence-corrected chi connectivity index (χ3v) is 10.5. The van der Waals surface area contributed by atoms with Crippen molar-refractivity contribution in [3.8, 4) is 0 Å². The van der Waals surface area contributed by atoms with E-state index in [4.69, 9.17) is 11.5 Å². The molecule has 1 fully saturated rings. The highest BCUT2D eigenvalue weighted by molar-refractivity contribution is 5.94. The Labute approximate surface area is 360 Å². The van der Waals surface area contributed by atoms with Crippen LogP contribution in [-0.2, 0) is 48.4 Å². The minimum Gasteiger partial charge on any atom is -0.358 e. The molecule has 0 saturated carbocycles. The fraction of sp³-hybridized carbons (Fsp3) is 0.478. The summed E-state index contributed by atoms with van der Waals surface area (Å²) in [5.74, 6) is -2.99. The maximum atomic E-state index is 14.5. The summed E-state index contributed by atoms with van der Waals surface area (Å²) < 4.78 is 0. The number of hydrogen-bond donors (Lipinski definition) is 3. The minimum atomic E-state index is -0.519. The Morgan fingerprint density at radius 1 is 0.393 bits per heavy atom. The zero-order chi connectivity index (χ0) is 44.8. The smallest absolute Gasteiger partial charge is 0.242 e. The highest BCUT2D eigenvalue weighted by Gasteiger charge is 2.31. The molecule has 3 aromatic carbocycles. The Morgan fingerprint density at radius 3 is 0.869 bits per heavy atom. The third kappa shape index (κ3) is 14.8. The normalized spacial score (nSPS) is 15.9. The summed E-state index contributed by atoms with van der Waals surface area (Å²) >= 11 is 0. The zero-order valence-corrected chi connectivity index (χ0v) is 37.0. The van der Waals surface area contributed by atoms with E-state index in [0.717, 1.165) is 50.1 Å². The summed E-state index contributed by atoms with van der Waals surface area (Å²) in [5.41, 5.74) is 24.2. The molecule has 0 bridgehead atoms. The Morgan fingerprint density at radius 2 is 0.623 bits per heavy atom. The van der Waals surface area contributed by atoms with E-state index >= 15 is 0 Å². The lowest BCUT2D eigenvalue weighted by molar-refractivity contribution is -0.368. The van der Waals surface area contributed by atoms with Gasteiger partial charge in [-0.1, -0.05) is 88.0 Å². The van der Waals surface area contributed by atoms with Gasteiger partial charge in [0.05, 0.1) is 26.2 Å². The van der Waals surface area contributed by atoms with Crippen molar-refractivity contribution in [3.63, 3.8) is 0 Å². The van der Waals surface area contributed by atoms with E-state index in [1.54, 1.807) is 0 Å². The fourth-order valence-electron chi connectivity index (χ4n) is 7.91. The molecule has 15 nitrogen and oxygen atoms in total. The summed E-state index contributed by atoms with van der Waals surface area (Å²) in [7, 11) is 0. The topological polar surface area (TPSA) is 202 Å². The monoisotopic (exact) mass is 841 g/mol. The van der Waals surface area contributed by atoms with E-state index < -0.39 is 61.6 Å². The first-order valence-corrected chi connectivity index (χ1v) is 21.1.